The Morgan fingerprint density at radius 1 is 1.33 bits per heavy atom. The monoisotopic (exact) mass is 330 g/mol. The summed E-state index contributed by atoms with van der Waals surface area (Å²) in [5.41, 5.74) is 1.79. The van der Waals surface area contributed by atoms with Crippen LogP contribution in [0.15, 0.2) is 60.4 Å². The van der Waals surface area contributed by atoms with Gasteiger partial charge in [-0.2, -0.15) is 0 Å². The van der Waals surface area contributed by atoms with E-state index in [4.69, 9.17) is 14.6 Å². The minimum atomic E-state index is -0.935. The summed E-state index contributed by atoms with van der Waals surface area (Å²) in [6, 6.07) is 9.69. The number of rotatable bonds is 6. The second-order valence-corrected chi connectivity index (χ2v) is 5.28. The van der Waals surface area contributed by atoms with Crippen molar-refractivity contribution in [3.63, 3.8) is 0 Å². The van der Waals surface area contributed by atoms with E-state index in [0.717, 1.165) is 18.6 Å². The van der Waals surface area contributed by atoms with Gasteiger partial charge in [-0.3, -0.25) is 0 Å². The number of carboxylic acid groups (broad SMARTS) is 1. The fourth-order valence-electron chi connectivity index (χ4n) is 1.43. The molecule has 0 bridgehead atoms. The van der Waals surface area contributed by atoms with Gasteiger partial charge in [0.25, 0.3) is 0 Å². The predicted molar refractivity (Wildman–Crippen MR) is 92.1 cm³/mol. The van der Waals surface area contributed by atoms with E-state index < -0.39 is 5.97 Å². The molecule has 5 heteroatoms. The summed E-state index contributed by atoms with van der Waals surface area (Å²) in [5, 5.41) is 7.89. The molecule has 1 N–H and O–H groups in total. The smallest absolute Gasteiger partial charge is 0.338 e. The normalized spacial score (nSPS) is 16.1. The molecule has 1 aromatic carbocycles. The average Bonchev–Trinajstić information content (AvgIpc) is 3.38. The van der Waals surface area contributed by atoms with Gasteiger partial charge in [-0.25, -0.2) is 9.59 Å². The molecule has 2 rings (SSSR count). The Balaban J connectivity index is 0.000000413. The number of hydrogen-bond acceptors (Lipinski definition) is 4. The van der Waals surface area contributed by atoms with Crippen molar-refractivity contribution in [3.8, 4) is 0 Å². The third-order valence-corrected chi connectivity index (χ3v) is 3.01. The third-order valence-electron chi connectivity index (χ3n) is 3.01. The maximum Gasteiger partial charge on any atom is 0.338 e. The molecule has 1 aromatic rings. The fourth-order valence-corrected chi connectivity index (χ4v) is 1.43. The summed E-state index contributed by atoms with van der Waals surface area (Å²) >= 11 is 0. The molecular formula is C19H22O5. The van der Waals surface area contributed by atoms with Gasteiger partial charge in [-0.05, 0) is 31.9 Å². The van der Waals surface area contributed by atoms with Crippen LogP contribution in [0.1, 0.15) is 25.8 Å². The molecule has 0 radical (unpaired) electrons. The van der Waals surface area contributed by atoms with E-state index in [0.29, 0.717) is 11.7 Å². The Labute approximate surface area is 141 Å². The molecule has 0 spiro atoms. The van der Waals surface area contributed by atoms with Gasteiger partial charge in [0, 0.05) is 11.1 Å². The highest BCUT2D eigenvalue weighted by molar-refractivity contribution is 5.88. The van der Waals surface area contributed by atoms with Crippen LogP contribution >= 0.6 is 0 Å². The van der Waals surface area contributed by atoms with Gasteiger partial charge in [-0.15, -0.1) is 0 Å². The quantitative estimate of drug-likeness (QED) is 0.373. The molecule has 24 heavy (non-hydrogen) atoms. The van der Waals surface area contributed by atoms with Gasteiger partial charge in [0.2, 0.25) is 0 Å². The van der Waals surface area contributed by atoms with Crippen LogP contribution in [0.25, 0.3) is 6.08 Å². The molecule has 1 saturated heterocycles. The van der Waals surface area contributed by atoms with Gasteiger partial charge in [0.15, 0.2) is 0 Å². The summed E-state index contributed by atoms with van der Waals surface area (Å²) in [6.45, 7) is 7.15. The van der Waals surface area contributed by atoms with Crippen molar-refractivity contribution in [3.05, 3.63) is 66.0 Å². The van der Waals surface area contributed by atoms with E-state index in [1.165, 1.54) is 13.2 Å². The van der Waals surface area contributed by atoms with Crippen molar-refractivity contribution in [2.24, 2.45) is 0 Å². The van der Waals surface area contributed by atoms with Crippen molar-refractivity contribution >= 4 is 18.0 Å². The van der Waals surface area contributed by atoms with Gasteiger partial charge >= 0.3 is 11.9 Å². The van der Waals surface area contributed by atoms with Crippen LogP contribution in [-0.4, -0.2) is 29.8 Å². The van der Waals surface area contributed by atoms with Crippen LogP contribution in [0.4, 0.5) is 0 Å². The maximum atomic E-state index is 11.6. The number of esters is 1. The van der Waals surface area contributed by atoms with E-state index in [2.05, 4.69) is 6.58 Å². The lowest BCUT2D eigenvalue weighted by atomic mass is 10.2. The van der Waals surface area contributed by atoms with Crippen molar-refractivity contribution in [2.45, 2.75) is 26.4 Å². The first-order valence-corrected chi connectivity index (χ1v) is 7.50. The number of carbonyl (C=O) groups excluding carboxylic acids is 1. The molecule has 1 atom stereocenters. The predicted octanol–water partition coefficient (Wildman–Crippen LogP) is 3.58. The molecule has 1 unspecified atom stereocenters. The fraction of sp³-hybridized carbons (Fsp3) is 0.263. The number of epoxide rings is 1. The maximum absolute atomic E-state index is 11.6. The minimum Gasteiger partial charge on any atom is -0.478 e. The van der Waals surface area contributed by atoms with Crippen molar-refractivity contribution in [1.29, 1.82) is 0 Å². The largest absolute Gasteiger partial charge is 0.478 e. The molecule has 1 heterocycles. The number of aliphatic carboxylic acids is 1. The summed E-state index contributed by atoms with van der Waals surface area (Å²) in [7, 11) is 0. The molecule has 0 amide bonds. The summed E-state index contributed by atoms with van der Waals surface area (Å²) < 4.78 is 10.1. The zero-order valence-corrected chi connectivity index (χ0v) is 13.9. The zero-order valence-electron chi connectivity index (χ0n) is 13.9. The number of carboxylic acids is 1. The lowest BCUT2D eigenvalue weighted by Crippen LogP contribution is -2.01. The molecule has 0 aliphatic carbocycles. The molecule has 128 valence electrons. The third kappa shape index (κ3) is 8.70. The Kier molecular flexibility index (Phi) is 8.22. The van der Waals surface area contributed by atoms with Gasteiger partial charge < -0.3 is 14.6 Å². The molecule has 0 saturated carbocycles. The second kappa shape index (κ2) is 10.2. The van der Waals surface area contributed by atoms with Crippen LogP contribution < -0.4 is 0 Å². The van der Waals surface area contributed by atoms with Crippen molar-refractivity contribution in [1.82, 2.24) is 0 Å². The molecular weight excluding hydrogens is 308 g/mol. The highest BCUT2D eigenvalue weighted by atomic mass is 16.6. The molecule has 1 aliphatic heterocycles. The van der Waals surface area contributed by atoms with Gasteiger partial charge in [0.1, 0.15) is 0 Å². The Bertz CT molecular complexity index is 612. The first-order chi connectivity index (χ1) is 11.4. The number of ether oxygens (including phenoxy) is 2. The summed E-state index contributed by atoms with van der Waals surface area (Å²) in [6.07, 6.45) is 6.12. The molecule has 1 aliphatic rings. The van der Waals surface area contributed by atoms with Crippen LogP contribution in [0.5, 0.6) is 0 Å². The van der Waals surface area contributed by atoms with E-state index in [1.807, 2.05) is 36.4 Å². The molecule has 1 fully saturated rings. The lowest BCUT2D eigenvalue weighted by Gasteiger charge is -1.99. The summed E-state index contributed by atoms with van der Waals surface area (Å²) in [5.74, 6) is -1.25. The van der Waals surface area contributed by atoms with E-state index in [-0.39, 0.29) is 11.5 Å². The van der Waals surface area contributed by atoms with Crippen molar-refractivity contribution < 1.29 is 24.2 Å². The lowest BCUT2D eigenvalue weighted by molar-refractivity contribution is -0.134. The topological polar surface area (TPSA) is 76.1 Å². The molecule has 0 aromatic heterocycles. The summed E-state index contributed by atoms with van der Waals surface area (Å²) in [4.78, 5) is 21.2. The number of hydrogen-bond donors (Lipinski definition) is 1. The van der Waals surface area contributed by atoms with Crippen LogP contribution in [0, 0.1) is 0 Å². The molecule has 5 nitrogen and oxygen atoms in total. The Hall–Kier alpha value is -2.66. The Morgan fingerprint density at radius 2 is 1.92 bits per heavy atom. The van der Waals surface area contributed by atoms with E-state index in [9.17, 15) is 9.59 Å². The number of benzene rings is 1. The Morgan fingerprint density at radius 3 is 2.42 bits per heavy atom. The minimum absolute atomic E-state index is 0.176. The highest BCUT2D eigenvalue weighted by Gasteiger charge is 2.20. The second-order valence-electron chi connectivity index (χ2n) is 5.28. The van der Waals surface area contributed by atoms with Crippen LogP contribution in [-0.2, 0) is 19.1 Å². The van der Waals surface area contributed by atoms with Crippen LogP contribution in [0.2, 0.25) is 0 Å². The number of carbonyl (C=O) groups is 2. The zero-order chi connectivity index (χ0) is 17.9. The average molecular weight is 330 g/mol. The first-order valence-electron chi connectivity index (χ1n) is 7.50. The standard InChI is InChI=1S/C15H16O3.C4H6O2/c1-12(7-8-14-11-18-14)15(16)17-10-9-13-5-3-2-4-6-13;1-3(2)4(5)6/h2-7,9-10,14H,8,11H2,1H3;1H2,2H3,(H,5,6). The highest BCUT2D eigenvalue weighted by Crippen LogP contribution is 2.15. The first kappa shape index (κ1) is 19.4. The van der Waals surface area contributed by atoms with Crippen LogP contribution in [0.3, 0.4) is 0 Å². The van der Waals surface area contributed by atoms with E-state index in [1.54, 1.807) is 13.0 Å². The van der Waals surface area contributed by atoms with E-state index >= 15 is 0 Å². The SMILES string of the molecule is C=C(C)C(=O)O.CC(=CCC1CO1)C(=O)OC=Cc1ccccc1. The van der Waals surface area contributed by atoms with Gasteiger partial charge in [0.05, 0.1) is 19.0 Å². The van der Waals surface area contributed by atoms with Gasteiger partial charge in [-0.1, -0.05) is 43.0 Å². The van der Waals surface area contributed by atoms with Crippen molar-refractivity contribution in [2.75, 3.05) is 6.61 Å².